The van der Waals surface area contributed by atoms with Crippen molar-refractivity contribution in [3.05, 3.63) is 24.0 Å². The van der Waals surface area contributed by atoms with Crippen molar-refractivity contribution < 1.29 is 31.4 Å². The van der Waals surface area contributed by atoms with E-state index in [1.807, 2.05) is 0 Å². The lowest BCUT2D eigenvalue weighted by Gasteiger charge is -2.12. The molecule has 0 unspecified atom stereocenters. The summed E-state index contributed by atoms with van der Waals surface area (Å²) in [4.78, 5) is 0. The van der Waals surface area contributed by atoms with Gasteiger partial charge in [0.05, 0.1) is 0 Å². The zero-order valence-corrected chi connectivity index (χ0v) is 7.15. The van der Waals surface area contributed by atoms with Crippen molar-refractivity contribution in [3.63, 3.8) is 0 Å². The molecule has 1 aromatic rings. The normalized spacial score (nSPS) is 11.3. The average molecular weight is 228 g/mol. The van der Waals surface area contributed by atoms with E-state index in [1.54, 1.807) is 0 Å². The van der Waals surface area contributed by atoms with Crippen LogP contribution in [0, 0.1) is 5.82 Å². The lowest BCUT2D eigenvalue weighted by Crippen LogP contribution is -2.17. The SMILES string of the molecule is FCOc1ccc(F)cc1OC(F)(F)F. The Morgan fingerprint density at radius 3 is 2.33 bits per heavy atom. The number of ether oxygens (including phenoxy) is 2. The molecular weight excluding hydrogens is 223 g/mol. The smallest absolute Gasteiger partial charge is 0.459 e. The zero-order valence-electron chi connectivity index (χ0n) is 7.15. The molecule has 0 spiro atoms. The molecule has 0 aliphatic rings. The summed E-state index contributed by atoms with van der Waals surface area (Å²) in [5.41, 5.74) is 0. The second-order valence-electron chi connectivity index (χ2n) is 2.39. The Morgan fingerprint density at radius 1 is 1.13 bits per heavy atom. The minimum atomic E-state index is -4.98. The van der Waals surface area contributed by atoms with Gasteiger partial charge in [0.2, 0.25) is 6.86 Å². The van der Waals surface area contributed by atoms with Crippen LogP contribution < -0.4 is 9.47 Å². The van der Waals surface area contributed by atoms with Gasteiger partial charge in [-0.15, -0.1) is 13.2 Å². The molecule has 84 valence electrons. The number of hydrogen-bond acceptors (Lipinski definition) is 2. The van der Waals surface area contributed by atoms with Crippen LogP contribution >= 0.6 is 0 Å². The minimum absolute atomic E-state index is 0.457. The van der Waals surface area contributed by atoms with E-state index in [-0.39, 0.29) is 0 Å². The summed E-state index contributed by atoms with van der Waals surface area (Å²) in [6, 6.07) is 2.13. The molecule has 1 aromatic carbocycles. The van der Waals surface area contributed by atoms with Crippen LogP contribution in [-0.4, -0.2) is 13.2 Å². The largest absolute Gasteiger partial charge is 0.573 e. The van der Waals surface area contributed by atoms with Gasteiger partial charge in [-0.1, -0.05) is 0 Å². The van der Waals surface area contributed by atoms with E-state index < -0.39 is 30.5 Å². The van der Waals surface area contributed by atoms with Crippen LogP contribution in [-0.2, 0) is 0 Å². The third-order valence-corrected chi connectivity index (χ3v) is 1.34. The molecule has 1 rings (SSSR count). The van der Waals surface area contributed by atoms with Crippen LogP contribution in [0.5, 0.6) is 11.5 Å². The first-order valence-corrected chi connectivity index (χ1v) is 3.66. The van der Waals surface area contributed by atoms with Gasteiger partial charge in [0.15, 0.2) is 11.5 Å². The van der Waals surface area contributed by atoms with Gasteiger partial charge in [-0.25, -0.2) is 8.78 Å². The Kier molecular flexibility index (Phi) is 3.33. The van der Waals surface area contributed by atoms with Crippen molar-refractivity contribution in [2.45, 2.75) is 6.36 Å². The predicted octanol–water partition coefficient (Wildman–Crippen LogP) is 3.03. The molecule has 0 aromatic heterocycles. The van der Waals surface area contributed by atoms with E-state index in [9.17, 15) is 22.0 Å². The van der Waals surface area contributed by atoms with Gasteiger partial charge in [0.25, 0.3) is 0 Å². The molecule has 0 saturated carbocycles. The highest BCUT2D eigenvalue weighted by molar-refractivity contribution is 5.40. The van der Waals surface area contributed by atoms with Gasteiger partial charge in [-0.3, -0.25) is 0 Å². The van der Waals surface area contributed by atoms with Gasteiger partial charge < -0.3 is 9.47 Å². The lowest BCUT2D eigenvalue weighted by atomic mass is 10.3. The molecule has 0 atom stereocenters. The van der Waals surface area contributed by atoms with Crippen molar-refractivity contribution >= 4 is 0 Å². The molecule has 0 bridgehead atoms. The summed E-state index contributed by atoms with van der Waals surface area (Å²) < 4.78 is 67.3. The van der Waals surface area contributed by atoms with Crippen molar-refractivity contribution in [3.8, 4) is 11.5 Å². The van der Waals surface area contributed by atoms with E-state index in [2.05, 4.69) is 9.47 Å². The fourth-order valence-electron chi connectivity index (χ4n) is 0.864. The van der Waals surface area contributed by atoms with E-state index in [0.29, 0.717) is 6.07 Å². The molecule has 7 heteroatoms. The van der Waals surface area contributed by atoms with Crippen molar-refractivity contribution in [2.24, 2.45) is 0 Å². The molecule has 0 aliphatic heterocycles. The fourth-order valence-corrected chi connectivity index (χ4v) is 0.864. The maximum atomic E-state index is 12.6. The summed E-state index contributed by atoms with van der Waals surface area (Å²) >= 11 is 0. The molecule has 0 fully saturated rings. The lowest BCUT2D eigenvalue weighted by molar-refractivity contribution is -0.275. The average Bonchev–Trinajstić information content (AvgIpc) is 2.07. The topological polar surface area (TPSA) is 18.5 Å². The quantitative estimate of drug-likeness (QED) is 0.740. The van der Waals surface area contributed by atoms with Gasteiger partial charge >= 0.3 is 6.36 Å². The first-order valence-electron chi connectivity index (χ1n) is 3.66. The van der Waals surface area contributed by atoms with E-state index in [0.717, 1.165) is 12.1 Å². The van der Waals surface area contributed by atoms with Crippen molar-refractivity contribution in [1.82, 2.24) is 0 Å². The second kappa shape index (κ2) is 4.33. The number of rotatable bonds is 3. The third kappa shape index (κ3) is 3.61. The van der Waals surface area contributed by atoms with Gasteiger partial charge in [0.1, 0.15) is 5.82 Å². The molecule has 15 heavy (non-hydrogen) atoms. The summed E-state index contributed by atoms with van der Waals surface area (Å²) in [7, 11) is 0. The molecule has 0 heterocycles. The number of hydrogen-bond donors (Lipinski definition) is 0. The van der Waals surface area contributed by atoms with Crippen LogP contribution in [0.2, 0.25) is 0 Å². The number of alkyl halides is 4. The predicted molar refractivity (Wildman–Crippen MR) is 39.7 cm³/mol. The van der Waals surface area contributed by atoms with Crippen LogP contribution in [0.3, 0.4) is 0 Å². The van der Waals surface area contributed by atoms with Gasteiger partial charge in [0, 0.05) is 6.07 Å². The summed E-state index contributed by atoms with van der Waals surface area (Å²) in [5.74, 6) is -2.38. The van der Waals surface area contributed by atoms with Crippen LogP contribution in [0.4, 0.5) is 22.0 Å². The molecule has 0 saturated heterocycles. The van der Waals surface area contributed by atoms with Gasteiger partial charge in [-0.05, 0) is 12.1 Å². The molecule has 0 radical (unpaired) electrons. The Balaban J connectivity index is 2.96. The first kappa shape index (κ1) is 11.5. The Morgan fingerprint density at radius 2 is 1.80 bits per heavy atom. The van der Waals surface area contributed by atoms with E-state index in [1.165, 1.54) is 0 Å². The van der Waals surface area contributed by atoms with E-state index in [4.69, 9.17) is 0 Å². The molecular formula is C8H5F5O2. The second-order valence-corrected chi connectivity index (χ2v) is 2.39. The zero-order chi connectivity index (χ0) is 11.5. The minimum Gasteiger partial charge on any atom is -0.459 e. The number of halogens is 5. The maximum Gasteiger partial charge on any atom is 0.573 e. The maximum absolute atomic E-state index is 12.6. The summed E-state index contributed by atoms with van der Waals surface area (Å²) in [6.45, 7) is -1.33. The van der Waals surface area contributed by atoms with Crippen LogP contribution in [0.25, 0.3) is 0 Å². The third-order valence-electron chi connectivity index (χ3n) is 1.34. The van der Waals surface area contributed by atoms with Gasteiger partial charge in [-0.2, -0.15) is 0 Å². The van der Waals surface area contributed by atoms with Crippen molar-refractivity contribution in [1.29, 1.82) is 0 Å². The number of benzene rings is 1. The Hall–Kier alpha value is -1.53. The summed E-state index contributed by atoms with van der Waals surface area (Å²) in [5, 5.41) is 0. The van der Waals surface area contributed by atoms with Crippen LogP contribution in [0.1, 0.15) is 0 Å². The molecule has 2 nitrogen and oxygen atoms in total. The highest BCUT2D eigenvalue weighted by Gasteiger charge is 2.32. The Labute approximate surface area is 81.2 Å². The van der Waals surface area contributed by atoms with Crippen molar-refractivity contribution in [2.75, 3.05) is 6.86 Å². The summed E-state index contributed by atoms with van der Waals surface area (Å²) in [6.07, 6.45) is -4.98. The monoisotopic (exact) mass is 228 g/mol. The highest BCUT2D eigenvalue weighted by atomic mass is 19.4. The Bertz CT molecular complexity index is 336. The first-order chi connectivity index (χ1) is 6.92. The van der Waals surface area contributed by atoms with E-state index >= 15 is 0 Å². The standard InChI is InChI=1S/C8H5F5O2/c9-4-14-6-2-1-5(10)3-7(6)15-8(11,12)13/h1-3H,4H2. The highest BCUT2D eigenvalue weighted by Crippen LogP contribution is 2.32. The molecule has 0 N–H and O–H groups in total. The molecule has 0 amide bonds. The molecule has 0 aliphatic carbocycles. The fraction of sp³-hybridized carbons (Fsp3) is 0.250. The van der Waals surface area contributed by atoms with Crippen LogP contribution in [0.15, 0.2) is 18.2 Å².